The Labute approximate surface area is 127 Å². The topological polar surface area (TPSA) is 78.1 Å². The predicted molar refractivity (Wildman–Crippen MR) is 82.4 cm³/mol. The average molecular weight is 314 g/mol. The minimum Gasteiger partial charge on any atom is -0.313 e. The standard InChI is InChI=1S/C14H26N4O2S/c1-5-15-7-13-12(4)16-17-14(13)21(19,20)18-8-10(2)6-11(3)9-18/h10-11,15H,5-9H2,1-4H3,(H,16,17). The predicted octanol–water partition coefficient (Wildman–Crippen LogP) is 1.49. The van der Waals surface area contributed by atoms with Gasteiger partial charge in [0.2, 0.25) is 0 Å². The Morgan fingerprint density at radius 2 is 1.95 bits per heavy atom. The second-order valence-corrected chi connectivity index (χ2v) is 8.03. The lowest BCUT2D eigenvalue weighted by atomic mass is 9.94. The zero-order valence-electron chi connectivity index (χ0n) is 13.3. The maximum Gasteiger partial charge on any atom is 0.262 e. The Morgan fingerprint density at radius 3 is 2.52 bits per heavy atom. The van der Waals surface area contributed by atoms with Gasteiger partial charge in [0, 0.05) is 30.9 Å². The lowest BCUT2D eigenvalue weighted by molar-refractivity contribution is 0.222. The maximum atomic E-state index is 12.9. The van der Waals surface area contributed by atoms with Gasteiger partial charge in [-0.05, 0) is 31.7 Å². The van der Waals surface area contributed by atoms with Crippen LogP contribution in [0.4, 0.5) is 0 Å². The number of nitrogens with zero attached hydrogens (tertiary/aromatic N) is 2. The monoisotopic (exact) mass is 314 g/mol. The SMILES string of the molecule is CCNCc1c(S(=O)(=O)N2CC(C)CC(C)C2)n[nH]c1C. The van der Waals surface area contributed by atoms with E-state index in [2.05, 4.69) is 29.4 Å². The molecular formula is C14H26N4O2S. The number of piperidine rings is 1. The zero-order valence-corrected chi connectivity index (χ0v) is 14.1. The van der Waals surface area contributed by atoms with Crippen molar-refractivity contribution < 1.29 is 8.42 Å². The minimum absolute atomic E-state index is 0.183. The van der Waals surface area contributed by atoms with Crippen molar-refractivity contribution in [2.45, 2.75) is 45.7 Å². The van der Waals surface area contributed by atoms with Crippen molar-refractivity contribution in [2.24, 2.45) is 11.8 Å². The lowest BCUT2D eigenvalue weighted by Gasteiger charge is -2.33. The van der Waals surface area contributed by atoms with Gasteiger partial charge >= 0.3 is 0 Å². The van der Waals surface area contributed by atoms with E-state index in [1.807, 2.05) is 13.8 Å². The van der Waals surface area contributed by atoms with Crippen molar-refractivity contribution in [3.05, 3.63) is 11.3 Å². The van der Waals surface area contributed by atoms with E-state index in [-0.39, 0.29) is 5.03 Å². The molecule has 0 saturated carbocycles. The van der Waals surface area contributed by atoms with Gasteiger partial charge in [-0.1, -0.05) is 20.8 Å². The molecule has 0 aromatic carbocycles. The lowest BCUT2D eigenvalue weighted by Crippen LogP contribution is -2.43. The van der Waals surface area contributed by atoms with E-state index in [0.29, 0.717) is 31.5 Å². The zero-order chi connectivity index (χ0) is 15.6. The van der Waals surface area contributed by atoms with Gasteiger partial charge in [-0.15, -0.1) is 0 Å². The van der Waals surface area contributed by atoms with Crippen LogP contribution in [-0.4, -0.2) is 42.6 Å². The Kier molecular flexibility index (Phi) is 5.06. The van der Waals surface area contributed by atoms with Crippen LogP contribution >= 0.6 is 0 Å². The smallest absolute Gasteiger partial charge is 0.262 e. The Balaban J connectivity index is 2.31. The van der Waals surface area contributed by atoms with Crippen LogP contribution in [0.2, 0.25) is 0 Å². The number of sulfonamides is 1. The first-order valence-corrected chi connectivity index (χ1v) is 9.05. The molecule has 2 atom stereocenters. The largest absolute Gasteiger partial charge is 0.313 e. The Bertz CT molecular complexity index is 572. The van der Waals surface area contributed by atoms with E-state index in [1.54, 1.807) is 4.31 Å². The molecule has 1 saturated heterocycles. The number of aromatic amines is 1. The van der Waals surface area contributed by atoms with E-state index < -0.39 is 10.0 Å². The van der Waals surface area contributed by atoms with Crippen molar-refractivity contribution in [3.63, 3.8) is 0 Å². The van der Waals surface area contributed by atoms with Crippen LogP contribution in [0.1, 0.15) is 38.4 Å². The first kappa shape index (κ1) is 16.5. The molecule has 2 N–H and O–H groups in total. The summed E-state index contributed by atoms with van der Waals surface area (Å²) in [6, 6.07) is 0. The molecule has 21 heavy (non-hydrogen) atoms. The van der Waals surface area contributed by atoms with Crippen LogP contribution in [0.25, 0.3) is 0 Å². The summed E-state index contributed by atoms with van der Waals surface area (Å²) in [5.74, 6) is 0.779. The van der Waals surface area contributed by atoms with Crippen LogP contribution in [-0.2, 0) is 16.6 Å². The molecule has 1 aliphatic rings. The van der Waals surface area contributed by atoms with E-state index >= 15 is 0 Å². The molecule has 0 bridgehead atoms. The molecule has 7 heteroatoms. The Morgan fingerprint density at radius 1 is 1.33 bits per heavy atom. The second-order valence-electron chi connectivity index (χ2n) is 6.18. The van der Waals surface area contributed by atoms with Gasteiger partial charge in [0.15, 0.2) is 5.03 Å². The van der Waals surface area contributed by atoms with Crippen LogP contribution in [0.3, 0.4) is 0 Å². The first-order valence-electron chi connectivity index (χ1n) is 7.61. The number of H-pyrrole nitrogens is 1. The van der Waals surface area contributed by atoms with Gasteiger partial charge < -0.3 is 5.32 Å². The highest BCUT2D eigenvalue weighted by molar-refractivity contribution is 7.89. The van der Waals surface area contributed by atoms with Crippen molar-refractivity contribution >= 4 is 10.0 Å². The summed E-state index contributed by atoms with van der Waals surface area (Å²) in [5, 5.41) is 10.3. The van der Waals surface area contributed by atoms with Crippen LogP contribution in [0, 0.1) is 18.8 Å². The molecule has 1 aromatic heterocycles. The fraction of sp³-hybridized carbons (Fsp3) is 0.786. The van der Waals surface area contributed by atoms with Crippen molar-refractivity contribution in [3.8, 4) is 0 Å². The number of hydrogen-bond donors (Lipinski definition) is 2. The van der Waals surface area contributed by atoms with Crippen molar-refractivity contribution in [1.82, 2.24) is 19.8 Å². The molecular weight excluding hydrogens is 288 g/mol. The summed E-state index contributed by atoms with van der Waals surface area (Å²) in [6.07, 6.45) is 1.08. The quantitative estimate of drug-likeness (QED) is 0.863. The third-order valence-electron chi connectivity index (χ3n) is 4.01. The molecule has 1 fully saturated rings. The Hall–Kier alpha value is -0.920. The van der Waals surface area contributed by atoms with E-state index in [1.165, 1.54) is 0 Å². The van der Waals surface area contributed by atoms with Crippen LogP contribution in [0.5, 0.6) is 0 Å². The normalized spacial score (nSPS) is 24.4. The molecule has 2 rings (SSSR count). The maximum absolute atomic E-state index is 12.9. The van der Waals surface area contributed by atoms with E-state index in [0.717, 1.165) is 24.2 Å². The summed E-state index contributed by atoms with van der Waals surface area (Å²) in [6.45, 7) is 10.5. The number of aryl methyl sites for hydroxylation is 1. The van der Waals surface area contributed by atoms with Gasteiger partial charge in [-0.3, -0.25) is 5.10 Å². The average Bonchev–Trinajstić information content (AvgIpc) is 2.77. The summed E-state index contributed by atoms with van der Waals surface area (Å²) < 4.78 is 27.4. The third-order valence-corrected chi connectivity index (χ3v) is 5.81. The van der Waals surface area contributed by atoms with Gasteiger partial charge in [0.25, 0.3) is 10.0 Å². The molecule has 1 aromatic rings. The van der Waals surface area contributed by atoms with E-state index in [9.17, 15) is 8.42 Å². The molecule has 1 aliphatic heterocycles. The summed E-state index contributed by atoms with van der Waals surface area (Å²) in [7, 11) is -3.52. The number of rotatable bonds is 5. The van der Waals surface area contributed by atoms with Crippen LogP contribution < -0.4 is 5.32 Å². The fourth-order valence-corrected chi connectivity index (χ4v) is 4.87. The van der Waals surface area contributed by atoms with Gasteiger partial charge in [0.05, 0.1) is 0 Å². The molecule has 120 valence electrons. The van der Waals surface area contributed by atoms with Crippen molar-refractivity contribution in [2.75, 3.05) is 19.6 Å². The van der Waals surface area contributed by atoms with E-state index in [4.69, 9.17) is 0 Å². The number of hydrogen-bond acceptors (Lipinski definition) is 4. The van der Waals surface area contributed by atoms with Crippen molar-refractivity contribution in [1.29, 1.82) is 0 Å². The summed E-state index contributed by atoms with van der Waals surface area (Å²) in [4.78, 5) is 0. The molecule has 2 heterocycles. The minimum atomic E-state index is -3.52. The highest BCUT2D eigenvalue weighted by atomic mass is 32.2. The number of aromatic nitrogens is 2. The van der Waals surface area contributed by atoms with Crippen LogP contribution in [0.15, 0.2) is 5.03 Å². The first-order chi connectivity index (χ1) is 9.86. The summed E-state index contributed by atoms with van der Waals surface area (Å²) in [5.41, 5.74) is 1.57. The third kappa shape index (κ3) is 3.46. The fourth-order valence-electron chi connectivity index (χ4n) is 3.03. The molecule has 6 nitrogen and oxygen atoms in total. The molecule has 0 amide bonds. The highest BCUT2D eigenvalue weighted by Crippen LogP contribution is 2.27. The molecule has 0 spiro atoms. The number of nitrogens with one attached hydrogen (secondary N) is 2. The van der Waals surface area contributed by atoms with Gasteiger partial charge in [0.1, 0.15) is 0 Å². The second kappa shape index (κ2) is 6.46. The van der Waals surface area contributed by atoms with Gasteiger partial charge in [-0.2, -0.15) is 9.40 Å². The molecule has 2 unspecified atom stereocenters. The highest BCUT2D eigenvalue weighted by Gasteiger charge is 2.35. The summed E-state index contributed by atoms with van der Waals surface area (Å²) >= 11 is 0. The molecule has 0 radical (unpaired) electrons. The molecule has 0 aliphatic carbocycles. The van der Waals surface area contributed by atoms with Gasteiger partial charge in [-0.25, -0.2) is 8.42 Å².